The Balaban J connectivity index is 2.25. The lowest BCUT2D eigenvalue weighted by molar-refractivity contribution is -0.355. The van der Waals surface area contributed by atoms with Gasteiger partial charge in [-0.3, -0.25) is 4.79 Å². The number of ketones is 1. The Bertz CT molecular complexity index is 773. The maximum atomic E-state index is 12.5. The summed E-state index contributed by atoms with van der Waals surface area (Å²) in [6, 6.07) is 11.1. The molecule has 3 nitrogen and oxygen atoms in total. The predicted molar refractivity (Wildman–Crippen MR) is 78.8 cm³/mol. The minimum atomic E-state index is -0.188. The number of benzene rings is 2. The van der Waals surface area contributed by atoms with Crippen LogP contribution in [0, 0.1) is 26.0 Å². The molecular formula is C17H15NO2. The predicted octanol–water partition coefficient (Wildman–Crippen LogP) is 3.44. The molecule has 1 aliphatic rings. The maximum Gasteiger partial charge on any atom is 0.273 e. The fraction of sp³-hybridized carbons (Fsp3) is 0.176. The molecule has 0 aliphatic carbocycles. The van der Waals surface area contributed by atoms with Crippen molar-refractivity contribution in [1.29, 1.82) is 0 Å². The zero-order chi connectivity index (χ0) is 14.4. The van der Waals surface area contributed by atoms with E-state index in [4.69, 9.17) is 0 Å². The zero-order valence-corrected chi connectivity index (χ0v) is 11.7. The third kappa shape index (κ3) is 1.67. The molecule has 0 saturated heterocycles. The third-order valence-corrected chi connectivity index (χ3v) is 3.89. The van der Waals surface area contributed by atoms with Crippen LogP contribution in [0.25, 0.3) is 0 Å². The Labute approximate surface area is 117 Å². The van der Waals surface area contributed by atoms with Crippen LogP contribution in [0.2, 0.25) is 0 Å². The van der Waals surface area contributed by atoms with Crippen molar-refractivity contribution in [2.75, 3.05) is 0 Å². The summed E-state index contributed by atoms with van der Waals surface area (Å²) in [4.78, 5) is 12.5. The molecule has 1 heterocycles. The standard InChI is InChI=1S/C17H15NO2/c1-10-6-4-5-7-13(10)16-17(19)14-8-11(2)12(3)9-15(14)18(16)20/h4-9H,1-3H3. The normalized spacial score (nSPS) is 13.8. The molecule has 0 fully saturated rings. The minimum absolute atomic E-state index is 0.188. The molecule has 0 aromatic heterocycles. The van der Waals surface area contributed by atoms with Gasteiger partial charge in [0.15, 0.2) is 0 Å². The van der Waals surface area contributed by atoms with Crippen molar-refractivity contribution in [3.05, 3.63) is 69.4 Å². The monoisotopic (exact) mass is 265 g/mol. The number of carbonyl (C=O) groups excluding carboxylic acids is 1. The first-order chi connectivity index (χ1) is 9.50. The van der Waals surface area contributed by atoms with Gasteiger partial charge in [0.1, 0.15) is 5.56 Å². The van der Waals surface area contributed by atoms with Gasteiger partial charge in [-0.15, -0.1) is 0 Å². The summed E-state index contributed by atoms with van der Waals surface area (Å²) in [6.45, 7) is 5.80. The van der Waals surface area contributed by atoms with Crippen LogP contribution in [0.5, 0.6) is 0 Å². The van der Waals surface area contributed by atoms with Crippen LogP contribution < -0.4 is 0 Å². The van der Waals surface area contributed by atoms with E-state index < -0.39 is 0 Å². The summed E-state index contributed by atoms with van der Waals surface area (Å²) in [5.74, 6) is -0.188. The first kappa shape index (κ1) is 12.6. The minimum Gasteiger partial charge on any atom is -0.618 e. The van der Waals surface area contributed by atoms with E-state index in [0.29, 0.717) is 16.8 Å². The third-order valence-electron chi connectivity index (χ3n) is 3.89. The van der Waals surface area contributed by atoms with Crippen molar-refractivity contribution >= 4 is 17.2 Å². The average Bonchev–Trinajstić information content (AvgIpc) is 2.64. The highest BCUT2D eigenvalue weighted by Crippen LogP contribution is 2.31. The molecule has 0 unspecified atom stereocenters. The van der Waals surface area contributed by atoms with E-state index in [-0.39, 0.29) is 11.5 Å². The number of nitrogens with zero attached hydrogens (tertiary/aromatic N) is 1. The fourth-order valence-corrected chi connectivity index (χ4v) is 2.56. The van der Waals surface area contributed by atoms with Crippen LogP contribution in [0.4, 0.5) is 5.69 Å². The Morgan fingerprint density at radius 3 is 2.25 bits per heavy atom. The quantitative estimate of drug-likeness (QED) is 0.585. The van der Waals surface area contributed by atoms with Crippen LogP contribution >= 0.6 is 0 Å². The number of rotatable bonds is 1. The molecule has 2 aromatic carbocycles. The molecule has 1 aliphatic heterocycles. The first-order valence-electron chi connectivity index (χ1n) is 6.57. The molecule has 2 aromatic rings. The maximum absolute atomic E-state index is 12.5. The lowest BCUT2D eigenvalue weighted by Crippen LogP contribution is -2.17. The van der Waals surface area contributed by atoms with Gasteiger partial charge >= 0.3 is 0 Å². The van der Waals surface area contributed by atoms with Crippen LogP contribution in [0.15, 0.2) is 36.4 Å². The molecule has 3 rings (SSSR count). The van der Waals surface area contributed by atoms with Gasteiger partial charge in [-0.1, -0.05) is 18.2 Å². The first-order valence-corrected chi connectivity index (χ1v) is 6.57. The molecule has 20 heavy (non-hydrogen) atoms. The van der Waals surface area contributed by atoms with Crippen LogP contribution in [-0.4, -0.2) is 16.2 Å². The van der Waals surface area contributed by atoms with E-state index >= 15 is 0 Å². The van der Waals surface area contributed by atoms with Crippen molar-refractivity contribution in [3.63, 3.8) is 0 Å². The second-order valence-corrected chi connectivity index (χ2v) is 5.24. The summed E-state index contributed by atoms with van der Waals surface area (Å²) in [5.41, 5.74) is 4.86. The van der Waals surface area contributed by atoms with Crippen molar-refractivity contribution in [3.8, 4) is 0 Å². The Hall–Kier alpha value is -2.42. The van der Waals surface area contributed by atoms with E-state index in [2.05, 4.69) is 0 Å². The van der Waals surface area contributed by atoms with Crippen LogP contribution in [0.1, 0.15) is 32.6 Å². The number of Topliss-reactive ketones (excluding diaryl/α,β-unsaturated/α-hetero) is 1. The van der Waals surface area contributed by atoms with Crippen molar-refractivity contribution in [2.24, 2.45) is 0 Å². The van der Waals surface area contributed by atoms with Crippen LogP contribution in [-0.2, 0) is 0 Å². The molecule has 3 heteroatoms. The summed E-state index contributed by atoms with van der Waals surface area (Å²) in [7, 11) is 0. The lowest BCUT2D eigenvalue weighted by atomic mass is 9.97. The van der Waals surface area contributed by atoms with Gasteiger partial charge < -0.3 is 5.21 Å². The van der Waals surface area contributed by atoms with Gasteiger partial charge in [0.25, 0.3) is 11.5 Å². The Morgan fingerprint density at radius 1 is 0.900 bits per heavy atom. The second kappa shape index (κ2) is 4.30. The molecule has 0 radical (unpaired) electrons. The van der Waals surface area contributed by atoms with E-state index in [0.717, 1.165) is 21.4 Å². The largest absolute Gasteiger partial charge is 0.618 e. The van der Waals surface area contributed by atoms with Gasteiger partial charge in [-0.2, -0.15) is 4.74 Å². The molecule has 0 saturated carbocycles. The second-order valence-electron chi connectivity index (χ2n) is 5.24. The summed E-state index contributed by atoms with van der Waals surface area (Å²) in [5, 5.41) is 12.5. The molecular weight excluding hydrogens is 250 g/mol. The number of hydrogen-bond donors (Lipinski definition) is 0. The SMILES string of the molecule is Cc1cc2c(cc1C)[N+]([O-])=C(c1ccccc1C)C2=O. The number of aryl methyl sites for hydroxylation is 3. The fourth-order valence-electron chi connectivity index (χ4n) is 2.56. The topological polar surface area (TPSA) is 43.1 Å². The van der Waals surface area contributed by atoms with E-state index in [9.17, 15) is 10.0 Å². The van der Waals surface area contributed by atoms with Gasteiger partial charge in [0.05, 0.1) is 5.56 Å². The summed E-state index contributed by atoms with van der Waals surface area (Å²) < 4.78 is 0.770. The van der Waals surface area contributed by atoms with E-state index in [1.54, 1.807) is 6.07 Å². The molecule has 100 valence electrons. The smallest absolute Gasteiger partial charge is 0.273 e. The van der Waals surface area contributed by atoms with E-state index in [1.807, 2.05) is 51.1 Å². The lowest BCUT2D eigenvalue weighted by Gasteiger charge is -2.05. The molecule has 0 spiro atoms. The number of fused-ring (bicyclic) bond motifs is 1. The summed E-state index contributed by atoms with van der Waals surface area (Å²) >= 11 is 0. The summed E-state index contributed by atoms with van der Waals surface area (Å²) in [6.07, 6.45) is 0. The average molecular weight is 265 g/mol. The van der Waals surface area contributed by atoms with Gasteiger partial charge in [0.2, 0.25) is 5.69 Å². The Morgan fingerprint density at radius 2 is 1.55 bits per heavy atom. The highest BCUT2D eigenvalue weighted by atomic mass is 16.5. The highest BCUT2D eigenvalue weighted by molar-refractivity contribution is 6.52. The molecule has 0 bridgehead atoms. The molecule has 0 N–H and O–H groups in total. The number of carbonyl (C=O) groups is 1. The van der Waals surface area contributed by atoms with Crippen molar-refractivity contribution in [2.45, 2.75) is 20.8 Å². The Kier molecular flexibility index (Phi) is 2.71. The van der Waals surface area contributed by atoms with Gasteiger partial charge in [0, 0.05) is 6.07 Å². The van der Waals surface area contributed by atoms with Crippen molar-refractivity contribution < 1.29 is 9.53 Å². The number of hydrogen-bond acceptors (Lipinski definition) is 2. The van der Waals surface area contributed by atoms with Gasteiger partial charge in [-0.05, 0) is 49.6 Å². The van der Waals surface area contributed by atoms with Gasteiger partial charge in [-0.25, -0.2) is 0 Å². The molecule has 0 amide bonds. The zero-order valence-electron chi connectivity index (χ0n) is 11.7. The highest BCUT2D eigenvalue weighted by Gasteiger charge is 2.37. The van der Waals surface area contributed by atoms with Crippen molar-refractivity contribution in [1.82, 2.24) is 0 Å². The van der Waals surface area contributed by atoms with E-state index in [1.165, 1.54) is 0 Å². The van der Waals surface area contributed by atoms with Crippen LogP contribution in [0.3, 0.4) is 0 Å². The molecule has 0 atom stereocenters.